The number of hydrogen-bond donors (Lipinski definition) is 1. The van der Waals surface area contributed by atoms with E-state index in [1.54, 1.807) is 13.2 Å². The standard InChI is InChI=1S/C16H17BrClNO2/c1-10-14(6-5-13(18)16(10)20-2)21-15-9-12(17)4-3-11(15)7-8-19/h3-6,9H,7-8,19H2,1-2H3. The van der Waals surface area contributed by atoms with Crippen molar-refractivity contribution in [2.45, 2.75) is 13.3 Å². The van der Waals surface area contributed by atoms with Gasteiger partial charge < -0.3 is 15.2 Å². The van der Waals surface area contributed by atoms with Crippen molar-refractivity contribution in [3.63, 3.8) is 0 Å². The van der Waals surface area contributed by atoms with Crippen molar-refractivity contribution in [1.29, 1.82) is 0 Å². The topological polar surface area (TPSA) is 44.5 Å². The lowest BCUT2D eigenvalue weighted by atomic mass is 10.1. The van der Waals surface area contributed by atoms with E-state index in [0.29, 0.717) is 23.1 Å². The fourth-order valence-corrected chi connectivity index (χ4v) is 2.73. The molecule has 0 fully saturated rings. The molecule has 0 heterocycles. The fourth-order valence-electron chi connectivity index (χ4n) is 2.11. The van der Waals surface area contributed by atoms with Crippen molar-refractivity contribution in [3.05, 3.63) is 51.0 Å². The Hall–Kier alpha value is -1.23. The Morgan fingerprint density at radius 2 is 1.95 bits per heavy atom. The highest BCUT2D eigenvalue weighted by atomic mass is 79.9. The largest absolute Gasteiger partial charge is 0.495 e. The van der Waals surface area contributed by atoms with Crippen LogP contribution in [0.3, 0.4) is 0 Å². The summed E-state index contributed by atoms with van der Waals surface area (Å²) in [4.78, 5) is 0. The molecule has 2 N–H and O–H groups in total. The van der Waals surface area contributed by atoms with Crippen LogP contribution in [0.2, 0.25) is 5.02 Å². The summed E-state index contributed by atoms with van der Waals surface area (Å²) in [5.41, 5.74) is 7.58. The number of benzene rings is 2. The minimum Gasteiger partial charge on any atom is -0.495 e. The van der Waals surface area contributed by atoms with Gasteiger partial charge in [-0.25, -0.2) is 0 Å². The van der Waals surface area contributed by atoms with E-state index in [9.17, 15) is 0 Å². The van der Waals surface area contributed by atoms with Gasteiger partial charge in [-0.2, -0.15) is 0 Å². The third kappa shape index (κ3) is 3.70. The number of rotatable bonds is 5. The Kier molecular flexibility index (Phi) is 5.51. The van der Waals surface area contributed by atoms with Crippen LogP contribution in [-0.4, -0.2) is 13.7 Å². The van der Waals surface area contributed by atoms with E-state index in [-0.39, 0.29) is 0 Å². The molecule has 3 nitrogen and oxygen atoms in total. The Labute approximate surface area is 138 Å². The first-order valence-electron chi connectivity index (χ1n) is 6.56. The van der Waals surface area contributed by atoms with Gasteiger partial charge in [0.25, 0.3) is 0 Å². The molecular weight excluding hydrogens is 354 g/mol. The molecule has 0 spiro atoms. The van der Waals surface area contributed by atoms with Gasteiger partial charge in [0.1, 0.15) is 17.2 Å². The Bertz CT molecular complexity index is 646. The summed E-state index contributed by atoms with van der Waals surface area (Å²) in [5, 5.41) is 0.568. The minimum atomic E-state index is 0.568. The van der Waals surface area contributed by atoms with E-state index in [4.69, 9.17) is 26.8 Å². The summed E-state index contributed by atoms with van der Waals surface area (Å²) >= 11 is 9.57. The number of methoxy groups -OCH3 is 1. The summed E-state index contributed by atoms with van der Waals surface area (Å²) in [7, 11) is 1.59. The van der Waals surface area contributed by atoms with Gasteiger partial charge in [0.05, 0.1) is 12.1 Å². The molecule has 0 bridgehead atoms. The van der Waals surface area contributed by atoms with Crippen LogP contribution in [0.15, 0.2) is 34.8 Å². The van der Waals surface area contributed by atoms with E-state index in [1.165, 1.54) is 0 Å². The molecule has 112 valence electrons. The summed E-state index contributed by atoms with van der Waals surface area (Å²) in [5.74, 6) is 2.12. The Balaban J connectivity index is 2.40. The second-order valence-corrected chi connectivity index (χ2v) is 5.92. The maximum Gasteiger partial charge on any atom is 0.144 e. The van der Waals surface area contributed by atoms with Gasteiger partial charge in [-0.3, -0.25) is 0 Å². The van der Waals surface area contributed by atoms with Crippen molar-refractivity contribution < 1.29 is 9.47 Å². The molecule has 0 unspecified atom stereocenters. The van der Waals surface area contributed by atoms with Crippen LogP contribution in [0.5, 0.6) is 17.2 Å². The van der Waals surface area contributed by atoms with Crippen LogP contribution in [0.25, 0.3) is 0 Å². The monoisotopic (exact) mass is 369 g/mol. The number of hydrogen-bond acceptors (Lipinski definition) is 3. The minimum absolute atomic E-state index is 0.568. The SMILES string of the molecule is COc1c(Cl)ccc(Oc2cc(Br)ccc2CCN)c1C. The molecule has 21 heavy (non-hydrogen) atoms. The Morgan fingerprint density at radius 3 is 2.62 bits per heavy atom. The van der Waals surface area contributed by atoms with Crippen LogP contribution in [0, 0.1) is 6.92 Å². The van der Waals surface area contributed by atoms with Crippen molar-refractivity contribution in [2.24, 2.45) is 5.73 Å². The third-order valence-electron chi connectivity index (χ3n) is 3.18. The molecular formula is C16H17BrClNO2. The van der Waals surface area contributed by atoms with Crippen LogP contribution in [0.4, 0.5) is 0 Å². The lowest BCUT2D eigenvalue weighted by Crippen LogP contribution is -2.04. The van der Waals surface area contributed by atoms with Gasteiger partial charge in [-0.05, 0) is 49.7 Å². The number of halogens is 2. The van der Waals surface area contributed by atoms with E-state index in [1.807, 2.05) is 31.2 Å². The zero-order chi connectivity index (χ0) is 15.4. The molecule has 0 aliphatic carbocycles. The first-order chi connectivity index (χ1) is 10.1. The first-order valence-corrected chi connectivity index (χ1v) is 7.73. The summed E-state index contributed by atoms with van der Waals surface area (Å²) in [6.45, 7) is 2.49. The van der Waals surface area contributed by atoms with Crippen LogP contribution < -0.4 is 15.2 Å². The lowest BCUT2D eigenvalue weighted by molar-refractivity contribution is 0.404. The van der Waals surface area contributed by atoms with E-state index in [2.05, 4.69) is 15.9 Å². The summed E-state index contributed by atoms with van der Waals surface area (Å²) in [6.07, 6.45) is 0.756. The predicted molar refractivity (Wildman–Crippen MR) is 89.7 cm³/mol. The summed E-state index contributed by atoms with van der Waals surface area (Å²) < 4.78 is 12.3. The first kappa shape index (κ1) is 16.1. The quantitative estimate of drug-likeness (QED) is 0.828. The molecule has 0 amide bonds. The smallest absolute Gasteiger partial charge is 0.144 e. The molecule has 2 aromatic carbocycles. The molecule has 0 radical (unpaired) electrons. The zero-order valence-corrected chi connectivity index (χ0v) is 14.3. The molecule has 0 saturated heterocycles. The highest BCUT2D eigenvalue weighted by Crippen LogP contribution is 2.38. The predicted octanol–water partition coefficient (Wildman–Crippen LogP) is 4.71. The number of nitrogens with two attached hydrogens (primary N) is 1. The van der Waals surface area contributed by atoms with Crippen LogP contribution in [0.1, 0.15) is 11.1 Å². The molecule has 0 aliphatic rings. The van der Waals surface area contributed by atoms with Gasteiger partial charge >= 0.3 is 0 Å². The molecule has 2 aromatic rings. The molecule has 2 rings (SSSR count). The van der Waals surface area contributed by atoms with Gasteiger partial charge in [0, 0.05) is 10.0 Å². The fraction of sp³-hybridized carbons (Fsp3) is 0.250. The van der Waals surface area contributed by atoms with Gasteiger partial charge in [0.2, 0.25) is 0 Å². The van der Waals surface area contributed by atoms with Gasteiger partial charge in [0.15, 0.2) is 0 Å². The van der Waals surface area contributed by atoms with E-state index in [0.717, 1.165) is 27.8 Å². The highest BCUT2D eigenvalue weighted by molar-refractivity contribution is 9.10. The van der Waals surface area contributed by atoms with E-state index >= 15 is 0 Å². The second-order valence-electron chi connectivity index (χ2n) is 4.60. The maximum absolute atomic E-state index is 6.11. The van der Waals surface area contributed by atoms with Crippen LogP contribution in [-0.2, 0) is 6.42 Å². The van der Waals surface area contributed by atoms with Crippen LogP contribution >= 0.6 is 27.5 Å². The zero-order valence-electron chi connectivity index (χ0n) is 12.0. The highest BCUT2D eigenvalue weighted by Gasteiger charge is 2.13. The average molecular weight is 371 g/mol. The lowest BCUT2D eigenvalue weighted by Gasteiger charge is -2.15. The van der Waals surface area contributed by atoms with Crippen molar-refractivity contribution in [1.82, 2.24) is 0 Å². The molecule has 5 heteroatoms. The second kappa shape index (κ2) is 7.16. The summed E-state index contributed by atoms with van der Waals surface area (Å²) in [6, 6.07) is 9.53. The van der Waals surface area contributed by atoms with Gasteiger partial charge in [-0.15, -0.1) is 0 Å². The maximum atomic E-state index is 6.11. The van der Waals surface area contributed by atoms with Crippen molar-refractivity contribution in [2.75, 3.05) is 13.7 Å². The third-order valence-corrected chi connectivity index (χ3v) is 3.97. The van der Waals surface area contributed by atoms with E-state index < -0.39 is 0 Å². The average Bonchev–Trinajstić information content (AvgIpc) is 2.45. The van der Waals surface area contributed by atoms with Gasteiger partial charge in [-0.1, -0.05) is 33.6 Å². The number of ether oxygens (including phenoxy) is 2. The van der Waals surface area contributed by atoms with Crippen molar-refractivity contribution in [3.8, 4) is 17.2 Å². The normalized spacial score (nSPS) is 10.5. The molecule has 0 atom stereocenters. The molecule has 0 saturated carbocycles. The Morgan fingerprint density at radius 1 is 1.19 bits per heavy atom. The molecule has 0 aromatic heterocycles. The van der Waals surface area contributed by atoms with Crippen molar-refractivity contribution >= 4 is 27.5 Å². The molecule has 0 aliphatic heterocycles.